The summed E-state index contributed by atoms with van der Waals surface area (Å²) in [6.45, 7) is 2.31. The van der Waals surface area contributed by atoms with Crippen LogP contribution in [0.1, 0.15) is 54.0 Å². The van der Waals surface area contributed by atoms with Crippen LogP contribution >= 0.6 is 0 Å². The minimum Gasteiger partial charge on any atom is -0.478 e. The number of furan rings is 1. The first-order valence-corrected chi connectivity index (χ1v) is 7.82. The van der Waals surface area contributed by atoms with E-state index in [1.54, 1.807) is 13.0 Å². The van der Waals surface area contributed by atoms with E-state index in [0.29, 0.717) is 36.2 Å². The van der Waals surface area contributed by atoms with Crippen molar-refractivity contribution >= 4 is 5.97 Å². The molecule has 2 N–H and O–H groups in total. The van der Waals surface area contributed by atoms with Crippen LogP contribution in [0.4, 0.5) is 0 Å². The van der Waals surface area contributed by atoms with Crippen molar-refractivity contribution in [3.05, 3.63) is 23.2 Å². The van der Waals surface area contributed by atoms with Crippen molar-refractivity contribution in [1.29, 1.82) is 0 Å². The number of piperidine rings is 2. The van der Waals surface area contributed by atoms with Gasteiger partial charge in [0.15, 0.2) is 0 Å². The van der Waals surface area contributed by atoms with Gasteiger partial charge in [-0.25, -0.2) is 4.79 Å². The highest BCUT2D eigenvalue weighted by atomic mass is 16.4. The van der Waals surface area contributed by atoms with Crippen LogP contribution in [0.15, 0.2) is 10.5 Å². The summed E-state index contributed by atoms with van der Waals surface area (Å²) in [5.41, 5.74) is 0.270. The predicted molar refractivity (Wildman–Crippen MR) is 79.5 cm³/mol. The van der Waals surface area contributed by atoms with Gasteiger partial charge in [-0.3, -0.25) is 0 Å². The van der Waals surface area contributed by atoms with Gasteiger partial charge in [0.1, 0.15) is 17.1 Å². The molecule has 5 nitrogen and oxygen atoms in total. The number of rotatable bonds is 4. The summed E-state index contributed by atoms with van der Waals surface area (Å²) in [6.07, 6.45) is 6.31. The van der Waals surface area contributed by atoms with Crippen molar-refractivity contribution in [3.63, 3.8) is 0 Å². The normalized spacial score (nSPS) is 29.5. The first-order chi connectivity index (χ1) is 10.0. The van der Waals surface area contributed by atoms with Gasteiger partial charge in [-0.15, -0.1) is 0 Å². The molecule has 2 unspecified atom stereocenters. The molecule has 3 rings (SSSR count). The number of aromatic carboxylic acids is 1. The average Bonchev–Trinajstić information content (AvgIpc) is 2.78. The number of hydrogen-bond donors (Lipinski definition) is 2. The molecular weight excluding hydrogens is 268 g/mol. The second-order valence-electron chi connectivity index (χ2n) is 6.44. The Balaban J connectivity index is 1.58. The molecule has 2 aliphatic rings. The van der Waals surface area contributed by atoms with Crippen LogP contribution in [0.3, 0.4) is 0 Å². The molecule has 3 heterocycles. The minimum absolute atomic E-state index is 0.270. The molecule has 2 aliphatic heterocycles. The topological polar surface area (TPSA) is 65.7 Å². The standard InChI is InChI=1S/C16H24N2O3/c1-10-15(16(19)20)8-14(21-10)9-17-11-6-12-4-3-5-13(7-11)18(12)2/h8,11-13,17H,3-7,9H2,1-2H3,(H,19,20). The lowest BCUT2D eigenvalue weighted by Gasteiger charge is -2.47. The van der Waals surface area contributed by atoms with Crippen LogP contribution in [-0.2, 0) is 6.54 Å². The Labute approximate surface area is 125 Å². The Bertz CT molecular complexity index is 512. The molecule has 2 fully saturated rings. The summed E-state index contributed by atoms with van der Waals surface area (Å²) < 4.78 is 5.53. The Morgan fingerprint density at radius 2 is 2.10 bits per heavy atom. The van der Waals surface area contributed by atoms with Gasteiger partial charge in [-0.2, -0.15) is 0 Å². The third-order valence-corrected chi connectivity index (χ3v) is 5.10. The first kappa shape index (κ1) is 14.6. The molecule has 0 aliphatic carbocycles. The molecule has 1 aromatic heterocycles. The number of aryl methyl sites for hydroxylation is 1. The maximum absolute atomic E-state index is 11.0. The molecule has 5 heteroatoms. The Kier molecular flexibility index (Phi) is 4.04. The largest absolute Gasteiger partial charge is 0.478 e. The zero-order valence-corrected chi connectivity index (χ0v) is 12.8. The van der Waals surface area contributed by atoms with Crippen LogP contribution in [0.25, 0.3) is 0 Å². The molecule has 0 saturated carbocycles. The highest BCUT2D eigenvalue weighted by molar-refractivity contribution is 5.88. The van der Waals surface area contributed by atoms with Gasteiger partial charge < -0.3 is 19.7 Å². The van der Waals surface area contributed by atoms with E-state index in [2.05, 4.69) is 17.3 Å². The zero-order chi connectivity index (χ0) is 15.0. The summed E-state index contributed by atoms with van der Waals surface area (Å²) in [6, 6.07) is 3.54. The molecule has 116 valence electrons. The van der Waals surface area contributed by atoms with Crippen molar-refractivity contribution in [2.45, 2.75) is 63.7 Å². The number of hydrogen-bond acceptors (Lipinski definition) is 4. The molecule has 0 radical (unpaired) electrons. The second-order valence-corrected chi connectivity index (χ2v) is 6.44. The molecule has 0 aromatic carbocycles. The van der Waals surface area contributed by atoms with E-state index in [1.165, 1.54) is 32.1 Å². The van der Waals surface area contributed by atoms with E-state index < -0.39 is 5.97 Å². The van der Waals surface area contributed by atoms with Gasteiger partial charge in [0.05, 0.1) is 6.54 Å². The second kappa shape index (κ2) is 5.81. The van der Waals surface area contributed by atoms with Crippen molar-refractivity contribution in [1.82, 2.24) is 10.2 Å². The van der Waals surface area contributed by atoms with Crippen molar-refractivity contribution in [2.24, 2.45) is 0 Å². The molecule has 2 bridgehead atoms. The number of nitrogens with zero attached hydrogens (tertiary/aromatic N) is 1. The highest BCUT2D eigenvalue weighted by Gasteiger charge is 2.35. The van der Waals surface area contributed by atoms with E-state index in [4.69, 9.17) is 9.52 Å². The van der Waals surface area contributed by atoms with E-state index in [0.717, 1.165) is 0 Å². The number of carboxylic acids is 1. The summed E-state index contributed by atoms with van der Waals surface area (Å²) in [7, 11) is 2.25. The van der Waals surface area contributed by atoms with E-state index >= 15 is 0 Å². The fourth-order valence-corrected chi connectivity index (χ4v) is 3.87. The third kappa shape index (κ3) is 2.99. The number of nitrogens with one attached hydrogen (secondary N) is 1. The Morgan fingerprint density at radius 3 is 2.67 bits per heavy atom. The average molecular weight is 292 g/mol. The molecule has 21 heavy (non-hydrogen) atoms. The zero-order valence-electron chi connectivity index (χ0n) is 12.8. The van der Waals surface area contributed by atoms with Crippen LogP contribution in [-0.4, -0.2) is 41.1 Å². The van der Waals surface area contributed by atoms with Gasteiger partial charge in [0, 0.05) is 18.1 Å². The monoisotopic (exact) mass is 292 g/mol. The summed E-state index contributed by atoms with van der Waals surface area (Å²) in [5, 5.41) is 12.6. The van der Waals surface area contributed by atoms with Gasteiger partial charge in [-0.1, -0.05) is 6.42 Å². The van der Waals surface area contributed by atoms with Crippen molar-refractivity contribution in [2.75, 3.05) is 7.05 Å². The van der Waals surface area contributed by atoms with Crippen molar-refractivity contribution in [3.8, 4) is 0 Å². The maximum atomic E-state index is 11.0. The number of carbonyl (C=O) groups is 1. The molecular formula is C16H24N2O3. The van der Waals surface area contributed by atoms with Gasteiger partial charge in [0.25, 0.3) is 0 Å². The quantitative estimate of drug-likeness (QED) is 0.892. The smallest absolute Gasteiger partial charge is 0.339 e. The van der Waals surface area contributed by atoms with E-state index in [1.807, 2.05) is 0 Å². The molecule has 0 amide bonds. The fraction of sp³-hybridized carbons (Fsp3) is 0.688. The Hall–Kier alpha value is -1.33. The molecule has 1 aromatic rings. The van der Waals surface area contributed by atoms with Gasteiger partial charge in [-0.05, 0) is 45.7 Å². The lowest BCUT2D eigenvalue weighted by atomic mass is 9.82. The van der Waals surface area contributed by atoms with Gasteiger partial charge in [0.2, 0.25) is 0 Å². The van der Waals surface area contributed by atoms with Crippen LogP contribution < -0.4 is 5.32 Å². The first-order valence-electron chi connectivity index (χ1n) is 7.82. The Morgan fingerprint density at radius 1 is 1.43 bits per heavy atom. The lowest BCUT2D eigenvalue weighted by molar-refractivity contribution is 0.0478. The fourth-order valence-electron chi connectivity index (χ4n) is 3.87. The molecule has 2 saturated heterocycles. The van der Waals surface area contributed by atoms with Gasteiger partial charge >= 0.3 is 5.97 Å². The third-order valence-electron chi connectivity index (χ3n) is 5.10. The van der Waals surface area contributed by atoms with E-state index in [9.17, 15) is 4.79 Å². The van der Waals surface area contributed by atoms with E-state index in [-0.39, 0.29) is 5.56 Å². The SMILES string of the molecule is Cc1oc(CNC2CC3CCCC(C2)N3C)cc1C(=O)O. The summed E-state index contributed by atoms with van der Waals surface area (Å²) in [5.74, 6) is 0.282. The van der Waals surface area contributed by atoms with Crippen LogP contribution in [0.2, 0.25) is 0 Å². The minimum atomic E-state index is -0.920. The predicted octanol–water partition coefficient (Wildman–Crippen LogP) is 2.39. The highest BCUT2D eigenvalue weighted by Crippen LogP contribution is 2.32. The lowest BCUT2D eigenvalue weighted by Crippen LogP contribution is -2.54. The van der Waals surface area contributed by atoms with Crippen LogP contribution in [0, 0.1) is 6.92 Å². The molecule has 2 atom stereocenters. The number of carboxylic acid groups (broad SMARTS) is 1. The van der Waals surface area contributed by atoms with Crippen LogP contribution in [0.5, 0.6) is 0 Å². The summed E-state index contributed by atoms with van der Waals surface area (Å²) in [4.78, 5) is 13.6. The van der Waals surface area contributed by atoms with Crippen molar-refractivity contribution < 1.29 is 14.3 Å². The maximum Gasteiger partial charge on any atom is 0.339 e. The molecule has 0 spiro atoms. The number of fused-ring (bicyclic) bond motifs is 2. The summed E-state index contributed by atoms with van der Waals surface area (Å²) >= 11 is 0.